The van der Waals surface area contributed by atoms with Gasteiger partial charge >= 0.3 is 0 Å². The first-order valence-electron chi connectivity index (χ1n) is 9.77. The van der Waals surface area contributed by atoms with Gasteiger partial charge in [-0.2, -0.15) is 0 Å². The number of rotatable bonds is 10. The summed E-state index contributed by atoms with van der Waals surface area (Å²) < 4.78 is 10.9. The van der Waals surface area contributed by atoms with Crippen LogP contribution >= 0.6 is 24.0 Å². The van der Waals surface area contributed by atoms with E-state index < -0.39 is 0 Å². The third kappa shape index (κ3) is 7.29. The quantitative estimate of drug-likeness (QED) is 0.292. The molecular weight excluding hydrogens is 469 g/mol. The number of aryl methyl sites for hydroxylation is 2. The van der Waals surface area contributed by atoms with Gasteiger partial charge in [0.2, 0.25) is 5.88 Å². The summed E-state index contributed by atoms with van der Waals surface area (Å²) in [5.41, 5.74) is 3.16. The molecule has 2 heterocycles. The maximum atomic E-state index is 5.51. The smallest absolute Gasteiger partial charge is 0.213 e. The molecule has 0 aliphatic rings. The molecule has 0 amide bonds. The lowest BCUT2D eigenvalue weighted by atomic mass is 10.1. The third-order valence-electron chi connectivity index (χ3n) is 4.06. The van der Waals surface area contributed by atoms with Gasteiger partial charge in [-0.25, -0.2) is 9.98 Å². The Morgan fingerprint density at radius 3 is 2.57 bits per heavy atom. The molecule has 0 unspecified atom stereocenters. The highest BCUT2D eigenvalue weighted by atomic mass is 127. The largest absolute Gasteiger partial charge is 0.478 e. The SMILES string of the molecule is CCCOc1ccc(CN=C(NCC)NCc2c(CC)noc2CC)cn1.I. The second-order valence-electron chi connectivity index (χ2n) is 6.14. The minimum atomic E-state index is 0. The van der Waals surface area contributed by atoms with Crippen molar-refractivity contribution >= 4 is 29.9 Å². The fourth-order valence-electron chi connectivity index (χ4n) is 2.62. The number of hydrogen-bond acceptors (Lipinski definition) is 5. The lowest BCUT2D eigenvalue weighted by molar-refractivity contribution is 0.305. The Morgan fingerprint density at radius 2 is 1.96 bits per heavy atom. The molecule has 2 N–H and O–H groups in total. The van der Waals surface area contributed by atoms with Crippen LogP contribution in [0.2, 0.25) is 0 Å². The summed E-state index contributed by atoms with van der Waals surface area (Å²) in [6.07, 6.45) is 4.46. The molecule has 7 nitrogen and oxygen atoms in total. The van der Waals surface area contributed by atoms with Gasteiger partial charge in [0.1, 0.15) is 5.76 Å². The van der Waals surface area contributed by atoms with Gasteiger partial charge < -0.3 is 19.9 Å². The normalized spacial score (nSPS) is 11.1. The molecular formula is C20H32IN5O2. The van der Waals surface area contributed by atoms with Crippen molar-refractivity contribution in [1.82, 2.24) is 20.8 Å². The number of aliphatic imine (C=N–C) groups is 1. The number of hydrogen-bond donors (Lipinski definition) is 2. The Kier molecular flexibility index (Phi) is 11.5. The number of ether oxygens (including phenoxy) is 1. The Balaban J connectivity index is 0.00000392. The van der Waals surface area contributed by atoms with Crippen LogP contribution in [-0.4, -0.2) is 29.3 Å². The van der Waals surface area contributed by atoms with E-state index in [2.05, 4.69) is 46.5 Å². The molecule has 28 heavy (non-hydrogen) atoms. The minimum absolute atomic E-state index is 0. The zero-order chi connectivity index (χ0) is 19.5. The lowest BCUT2D eigenvalue weighted by Gasteiger charge is -2.12. The van der Waals surface area contributed by atoms with Crippen LogP contribution in [0.3, 0.4) is 0 Å². The summed E-state index contributed by atoms with van der Waals surface area (Å²) in [6, 6.07) is 3.88. The first kappa shape index (κ1) is 24.2. The topological polar surface area (TPSA) is 84.6 Å². The maximum Gasteiger partial charge on any atom is 0.213 e. The van der Waals surface area contributed by atoms with E-state index in [0.29, 0.717) is 25.6 Å². The second kappa shape index (κ2) is 13.4. The number of aromatic nitrogens is 2. The first-order valence-corrected chi connectivity index (χ1v) is 9.77. The summed E-state index contributed by atoms with van der Waals surface area (Å²) in [6.45, 7) is 10.9. The molecule has 156 valence electrons. The Bertz CT molecular complexity index is 694. The van der Waals surface area contributed by atoms with Crippen LogP contribution < -0.4 is 15.4 Å². The standard InChI is InChI=1S/C20H31N5O2.HI/c1-5-11-26-19-10-9-15(12-22-19)13-23-20(21-8-4)24-14-16-17(6-2)25-27-18(16)7-3;/h9-10,12H,5-8,11,13-14H2,1-4H3,(H2,21,23,24);1H. The molecule has 0 fully saturated rings. The molecule has 0 atom stereocenters. The van der Waals surface area contributed by atoms with Gasteiger partial charge in [-0.05, 0) is 25.3 Å². The Hall–Kier alpha value is -1.84. The number of nitrogens with zero attached hydrogens (tertiary/aromatic N) is 3. The van der Waals surface area contributed by atoms with E-state index in [0.717, 1.165) is 54.3 Å². The summed E-state index contributed by atoms with van der Waals surface area (Å²) in [4.78, 5) is 8.97. The monoisotopic (exact) mass is 501 g/mol. The van der Waals surface area contributed by atoms with Crippen molar-refractivity contribution in [3.63, 3.8) is 0 Å². The molecule has 0 aromatic carbocycles. The lowest BCUT2D eigenvalue weighted by Crippen LogP contribution is -2.37. The van der Waals surface area contributed by atoms with Crippen LogP contribution in [0.25, 0.3) is 0 Å². The van der Waals surface area contributed by atoms with Crippen LogP contribution in [0.15, 0.2) is 27.8 Å². The van der Waals surface area contributed by atoms with Gasteiger partial charge in [-0.15, -0.1) is 24.0 Å². The van der Waals surface area contributed by atoms with E-state index in [9.17, 15) is 0 Å². The predicted molar refractivity (Wildman–Crippen MR) is 122 cm³/mol. The van der Waals surface area contributed by atoms with Crippen molar-refractivity contribution in [2.24, 2.45) is 4.99 Å². The van der Waals surface area contributed by atoms with Crippen molar-refractivity contribution in [2.45, 2.75) is 60.0 Å². The van der Waals surface area contributed by atoms with Crippen molar-refractivity contribution in [1.29, 1.82) is 0 Å². The van der Waals surface area contributed by atoms with Gasteiger partial charge in [0.05, 0.1) is 18.8 Å². The summed E-state index contributed by atoms with van der Waals surface area (Å²) in [5, 5.41) is 10.8. The van der Waals surface area contributed by atoms with Gasteiger partial charge in [0.25, 0.3) is 0 Å². The zero-order valence-electron chi connectivity index (χ0n) is 17.2. The number of pyridine rings is 1. The molecule has 0 spiro atoms. The van der Waals surface area contributed by atoms with Crippen LogP contribution in [0.1, 0.15) is 56.7 Å². The molecule has 0 saturated carbocycles. The van der Waals surface area contributed by atoms with Crippen molar-refractivity contribution in [3.8, 4) is 5.88 Å². The highest BCUT2D eigenvalue weighted by molar-refractivity contribution is 14.0. The van der Waals surface area contributed by atoms with Gasteiger partial charge in [0.15, 0.2) is 5.96 Å². The van der Waals surface area contributed by atoms with Crippen molar-refractivity contribution in [2.75, 3.05) is 13.2 Å². The molecule has 0 aliphatic heterocycles. The molecule has 0 aliphatic carbocycles. The molecule has 0 saturated heterocycles. The second-order valence-corrected chi connectivity index (χ2v) is 6.14. The molecule has 8 heteroatoms. The average Bonchev–Trinajstić information content (AvgIpc) is 3.11. The fraction of sp³-hybridized carbons (Fsp3) is 0.550. The van der Waals surface area contributed by atoms with Crippen molar-refractivity contribution in [3.05, 3.63) is 40.9 Å². The molecule has 2 rings (SSSR count). The number of guanidine groups is 1. The van der Waals surface area contributed by atoms with E-state index in [1.165, 1.54) is 0 Å². The predicted octanol–water partition coefficient (Wildman–Crippen LogP) is 3.86. The van der Waals surface area contributed by atoms with Crippen LogP contribution in [0.4, 0.5) is 0 Å². The van der Waals surface area contributed by atoms with Crippen LogP contribution in [-0.2, 0) is 25.9 Å². The highest BCUT2D eigenvalue weighted by Crippen LogP contribution is 2.15. The maximum absolute atomic E-state index is 5.51. The minimum Gasteiger partial charge on any atom is -0.478 e. The zero-order valence-corrected chi connectivity index (χ0v) is 19.6. The molecule has 0 radical (unpaired) electrons. The summed E-state index contributed by atoms with van der Waals surface area (Å²) >= 11 is 0. The van der Waals surface area contributed by atoms with E-state index in [1.54, 1.807) is 0 Å². The number of halogens is 1. The first-order chi connectivity index (χ1) is 13.2. The van der Waals surface area contributed by atoms with Crippen molar-refractivity contribution < 1.29 is 9.26 Å². The highest BCUT2D eigenvalue weighted by Gasteiger charge is 2.13. The third-order valence-corrected chi connectivity index (χ3v) is 4.06. The van der Waals surface area contributed by atoms with Gasteiger partial charge in [-0.1, -0.05) is 32.0 Å². The molecule has 2 aromatic heterocycles. The van der Waals surface area contributed by atoms with E-state index >= 15 is 0 Å². The van der Waals surface area contributed by atoms with Crippen LogP contribution in [0.5, 0.6) is 5.88 Å². The van der Waals surface area contributed by atoms with E-state index in [1.807, 2.05) is 25.3 Å². The van der Waals surface area contributed by atoms with Gasteiger partial charge in [0, 0.05) is 37.3 Å². The van der Waals surface area contributed by atoms with Gasteiger partial charge in [-0.3, -0.25) is 0 Å². The Labute approximate surface area is 184 Å². The van der Waals surface area contributed by atoms with E-state index in [4.69, 9.17) is 9.26 Å². The Morgan fingerprint density at radius 1 is 1.14 bits per heavy atom. The fourth-order valence-corrected chi connectivity index (χ4v) is 2.62. The molecule has 2 aromatic rings. The average molecular weight is 501 g/mol. The summed E-state index contributed by atoms with van der Waals surface area (Å²) in [7, 11) is 0. The summed E-state index contributed by atoms with van der Waals surface area (Å²) in [5.74, 6) is 2.34. The molecule has 0 bridgehead atoms. The number of nitrogens with one attached hydrogen (secondary N) is 2. The van der Waals surface area contributed by atoms with Crippen LogP contribution in [0, 0.1) is 0 Å². The van der Waals surface area contributed by atoms with E-state index in [-0.39, 0.29) is 24.0 Å².